The van der Waals surface area contributed by atoms with Crippen molar-refractivity contribution in [1.82, 2.24) is 5.43 Å². The van der Waals surface area contributed by atoms with Gasteiger partial charge in [0.2, 0.25) is 0 Å². The lowest BCUT2D eigenvalue weighted by Gasteiger charge is -1.98. The van der Waals surface area contributed by atoms with Gasteiger partial charge in [-0.3, -0.25) is 0 Å². The summed E-state index contributed by atoms with van der Waals surface area (Å²) >= 11 is 5.68. The first-order valence-corrected chi connectivity index (χ1v) is 4.47. The Morgan fingerprint density at radius 1 is 1.50 bits per heavy atom. The number of aromatic hydroxyl groups is 1. The van der Waals surface area contributed by atoms with Crippen molar-refractivity contribution in [3.63, 3.8) is 0 Å². The molecule has 1 rings (SSSR count). The number of phenolic OH excluding ortho intramolecular Hbond substituents is 1. The Kier molecular flexibility index (Phi) is 4.22. The number of nitrogens with zero attached hydrogens (tertiary/aromatic N) is 1. The van der Waals surface area contributed by atoms with Gasteiger partial charge < -0.3 is 15.6 Å². The van der Waals surface area contributed by atoms with Gasteiger partial charge in [-0.25, -0.2) is 0 Å². The maximum atomic E-state index is 9.13. The van der Waals surface area contributed by atoms with Crippen molar-refractivity contribution in [1.29, 1.82) is 0 Å². The molecule has 4 nitrogen and oxygen atoms in total. The van der Waals surface area contributed by atoms with Gasteiger partial charge in [0.15, 0.2) is 0 Å². The fourth-order valence-electron chi connectivity index (χ4n) is 0.838. The van der Waals surface area contributed by atoms with E-state index in [1.165, 1.54) is 6.07 Å². The normalized spacial score (nSPS) is 10.7. The second-order valence-corrected chi connectivity index (χ2v) is 3.01. The van der Waals surface area contributed by atoms with Crippen LogP contribution in [0.15, 0.2) is 23.3 Å². The van der Waals surface area contributed by atoms with E-state index in [-0.39, 0.29) is 17.4 Å². The van der Waals surface area contributed by atoms with Crippen molar-refractivity contribution < 1.29 is 10.2 Å². The molecular weight excluding hydrogens is 204 g/mol. The Hall–Kier alpha value is -1.26. The molecule has 0 heterocycles. The number of hydrogen-bond donors (Lipinski definition) is 3. The minimum Gasteiger partial charge on any atom is -0.506 e. The van der Waals surface area contributed by atoms with Crippen LogP contribution >= 0.6 is 11.6 Å². The van der Waals surface area contributed by atoms with Crippen molar-refractivity contribution in [3.05, 3.63) is 28.8 Å². The molecule has 0 fully saturated rings. The van der Waals surface area contributed by atoms with Crippen molar-refractivity contribution in [3.8, 4) is 5.75 Å². The zero-order chi connectivity index (χ0) is 10.4. The van der Waals surface area contributed by atoms with E-state index in [0.717, 1.165) is 5.56 Å². The Morgan fingerprint density at radius 3 is 2.93 bits per heavy atom. The molecule has 76 valence electrons. The molecule has 0 bridgehead atoms. The monoisotopic (exact) mass is 214 g/mol. The van der Waals surface area contributed by atoms with Gasteiger partial charge >= 0.3 is 0 Å². The fraction of sp³-hybridized carbons (Fsp3) is 0.222. The van der Waals surface area contributed by atoms with E-state index in [9.17, 15) is 0 Å². The number of halogens is 1. The van der Waals surface area contributed by atoms with Crippen LogP contribution in [0, 0.1) is 0 Å². The zero-order valence-corrected chi connectivity index (χ0v) is 8.20. The highest BCUT2D eigenvalue weighted by Crippen LogP contribution is 2.22. The molecule has 0 saturated heterocycles. The highest BCUT2D eigenvalue weighted by atomic mass is 35.5. The molecule has 0 aliphatic heterocycles. The predicted octanol–water partition coefficient (Wildman–Crippen LogP) is 0.961. The molecule has 0 aromatic heterocycles. The van der Waals surface area contributed by atoms with Gasteiger partial charge in [0, 0.05) is 0 Å². The van der Waals surface area contributed by atoms with Crippen molar-refractivity contribution in [2.45, 2.75) is 0 Å². The molecule has 3 N–H and O–H groups in total. The van der Waals surface area contributed by atoms with E-state index in [1.54, 1.807) is 18.3 Å². The van der Waals surface area contributed by atoms with Gasteiger partial charge in [-0.05, 0) is 23.8 Å². The summed E-state index contributed by atoms with van der Waals surface area (Å²) in [6, 6.07) is 4.78. The fourth-order valence-corrected chi connectivity index (χ4v) is 1.03. The summed E-state index contributed by atoms with van der Waals surface area (Å²) < 4.78 is 0. The highest BCUT2D eigenvalue weighted by molar-refractivity contribution is 6.32. The first-order chi connectivity index (χ1) is 6.74. The molecule has 1 aromatic rings. The van der Waals surface area contributed by atoms with E-state index < -0.39 is 0 Å². The van der Waals surface area contributed by atoms with Gasteiger partial charge in [-0.2, -0.15) is 5.10 Å². The summed E-state index contributed by atoms with van der Waals surface area (Å²) in [6.07, 6.45) is 1.56. The van der Waals surface area contributed by atoms with E-state index >= 15 is 0 Å². The SMILES string of the molecule is OCCNN=Cc1ccc(O)c(Cl)c1. The lowest BCUT2D eigenvalue weighted by molar-refractivity contribution is 0.294. The third-order valence-electron chi connectivity index (χ3n) is 1.50. The minimum atomic E-state index is 0.0354. The Balaban J connectivity index is 2.59. The van der Waals surface area contributed by atoms with E-state index in [2.05, 4.69) is 10.5 Å². The van der Waals surface area contributed by atoms with Gasteiger partial charge in [0.25, 0.3) is 0 Å². The van der Waals surface area contributed by atoms with Crippen molar-refractivity contribution in [2.24, 2.45) is 5.10 Å². The number of hydrogen-bond acceptors (Lipinski definition) is 4. The summed E-state index contributed by atoms with van der Waals surface area (Å²) in [4.78, 5) is 0. The molecule has 1 aromatic carbocycles. The van der Waals surface area contributed by atoms with Crippen LogP contribution in [0.3, 0.4) is 0 Å². The Morgan fingerprint density at radius 2 is 2.29 bits per heavy atom. The van der Waals surface area contributed by atoms with Crippen LogP contribution in [0.4, 0.5) is 0 Å². The van der Waals surface area contributed by atoms with Crippen molar-refractivity contribution in [2.75, 3.05) is 13.2 Å². The first-order valence-electron chi connectivity index (χ1n) is 4.09. The number of aliphatic hydroxyl groups is 1. The maximum Gasteiger partial charge on any atom is 0.134 e. The number of aliphatic hydroxyl groups excluding tert-OH is 1. The minimum absolute atomic E-state index is 0.0354. The predicted molar refractivity (Wildman–Crippen MR) is 55.8 cm³/mol. The summed E-state index contributed by atoms with van der Waals surface area (Å²) in [5.41, 5.74) is 3.41. The Bertz CT molecular complexity index is 329. The largest absolute Gasteiger partial charge is 0.506 e. The average Bonchev–Trinajstić information content (AvgIpc) is 2.18. The van der Waals surface area contributed by atoms with Crippen LogP contribution in [-0.4, -0.2) is 29.6 Å². The van der Waals surface area contributed by atoms with Crippen LogP contribution in [0.2, 0.25) is 5.02 Å². The average molecular weight is 215 g/mol. The molecule has 0 aliphatic rings. The summed E-state index contributed by atoms with van der Waals surface area (Å²) in [5.74, 6) is 0.0483. The summed E-state index contributed by atoms with van der Waals surface area (Å²) in [5, 5.41) is 21.7. The van der Waals surface area contributed by atoms with Gasteiger partial charge in [-0.1, -0.05) is 11.6 Å². The molecule has 0 spiro atoms. The third kappa shape index (κ3) is 3.24. The number of benzene rings is 1. The van der Waals surface area contributed by atoms with E-state index in [1.807, 2.05) is 0 Å². The number of rotatable bonds is 4. The Labute approximate surface area is 86.8 Å². The lowest BCUT2D eigenvalue weighted by Crippen LogP contribution is -2.11. The molecule has 14 heavy (non-hydrogen) atoms. The van der Waals surface area contributed by atoms with Crippen molar-refractivity contribution >= 4 is 17.8 Å². The van der Waals surface area contributed by atoms with Gasteiger partial charge in [0.05, 0.1) is 24.4 Å². The summed E-state index contributed by atoms with van der Waals surface area (Å²) in [6.45, 7) is 0.440. The van der Waals surface area contributed by atoms with Gasteiger partial charge in [-0.15, -0.1) is 0 Å². The molecular formula is C9H11ClN2O2. The number of phenols is 1. The molecule has 0 aliphatic carbocycles. The smallest absolute Gasteiger partial charge is 0.134 e. The van der Waals surface area contributed by atoms with Crippen LogP contribution in [-0.2, 0) is 0 Å². The molecule has 0 radical (unpaired) electrons. The number of hydrazone groups is 1. The maximum absolute atomic E-state index is 9.13. The van der Waals surface area contributed by atoms with Crippen LogP contribution in [0.5, 0.6) is 5.75 Å². The second-order valence-electron chi connectivity index (χ2n) is 2.60. The van der Waals surface area contributed by atoms with Crippen LogP contribution in [0.25, 0.3) is 0 Å². The second kappa shape index (κ2) is 5.47. The van der Waals surface area contributed by atoms with E-state index in [4.69, 9.17) is 21.8 Å². The standard InChI is InChI=1S/C9H11ClN2O2/c10-8-5-7(1-2-9(8)14)6-12-11-3-4-13/h1-2,5-6,11,13-14H,3-4H2. The van der Waals surface area contributed by atoms with Crippen LogP contribution in [0.1, 0.15) is 5.56 Å². The summed E-state index contributed by atoms with van der Waals surface area (Å²) in [7, 11) is 0. The topological polar surface area (TPSA) is 64.8 Å². The highest BCUT2D eigenvalue weighted by Gasteiger charge is 1.97. The van der Waals surface area contributed by atoms with E-state index in [0.29, 0.717) is 6.54 Å². The molecule has 0 atom stereocenters. The molecule has 0 saturated carbocycles. The number of nitrogens with one attached hydrogen (secondary N) is 1. The molecule has 5 heteroatoms. The lowest BCUT2D eigenvalue weighted by atomic mass is 10.2. The first kappa shape index (κ1) is 10.8. The molecule has 0 amide bonds. The molecule has 0 unspecified atom stereocenters. The zero-order valence-electron chi connectivity index (χ0n) is 7.44. The van der Waals surface area contributed by atoms with Gasteiger partial charge in [0.1, 0.15) is 5.75 Å². The van der Waals surface area contributed by atoms with Crippen LogP contribution < -0.4 is 5.43 Å². The quantitative estimate of drug-likeness (QED) is 0.398. The third-order valence-corrected chi connectivity index (χ3v) is 1.80.